The summed E-state index contributed by atoms with van der Waals surface area (Å²) in [6, 6.07) is 5.97. The summed E-state index contributed by atoms with van der Waals surface area (Å²) < 4.78 is 0. The molecule has 0 aliphatic carbocycles. The Balaban J connectivity index is 0.00000242. The Morgan fingerprint density at radius 2 is 1.96 bits per heavy atom. The van der Waals surface area contributed by atoms with Gasteiger partial charge in [0.2, 0.25) is 5.91 Å². The molecule has 1 amide bonds. The summed E-state index contributed by atoms with van der Waals surface area (Å²) in [6.45, 7) is 5.74. The molecule has 1 N–H and O–H groups in total. The molecule has 23 heavy (non-hydrogen) atoms. The molecule has 0 atom stereocenters. The van der Waals surface area contributed by atoms with Crippen LogP contribution in [0.2, 0.25) is 0 Å². The van der Waals surface area contributed by atoms with Crippen LogP contribution in [0, 0.1) is 0 Å². The molecule has 1 saturated heterocycles. The summed E-state index contributed by atoms with van der Waals surface area (Å²) in [5, 5.41) is 3.06. The van der Waals surface area contributed by atoms with E-state index in [-0.39, 0.29) is 30.7 Å². The molecule has 132 valence electrons. The minimum Gasteiger partial charge on any atom is -0.354 e. The fraction of sp³-hybridized carbons (Fsp3) is 0.600. The normalized spacial score (nSPS) is 14.6. The number of anilines is 1. The summed E-state index contributed by atoms with van der Waals surface area (Å²) in [7, 11) is 3.76. The van der Waals surface area contributed by atoms with E-state index in [1.165, 1.54) is 0 Å². The van der Waals surface area contributed by atoms with E-state index in [4.69, 9.17) is 0 Å². The van der Waals surface area contributed by atoms with Crippen LogP contribution in [0.1, 0.15) is 0 Å². The largest absolute Gasteiger partial charge is 0.354 e. The molecule has 0 aromatic carbocycles. The van der Waals surface area contributed by atoms with Crippen LogP contribution < -0.4 is 10.2 Å². The number of hydrogen-bond acceptors (Lipinski definition) is 5. The molecule has 0 bridgehead atoms. The van der Waals surface area contributed by atoms with E-state index in [9.17, 15) is 4.79 Å². The molecule has 1 aliphatic rings. The molecule has 0 saturated carbocycles. The van der Waals surface area contributed by atoms with Gasteiger partial charge in [-0.25, -0.2) is 4.98 Å². The fourth-order valence-electron chi connectivity index (χ4n) is 2.39. The Morgan fingerprint density at radius 1 is 1.26 bits per heavy atom. The van der Waals surface area contributed by atoms with E-state index >= 15 is 0 Å². The van der Waals surface area contributed by atoms with Gasteiger partial charge in [-0.05, 0) is 19.2 Å². The molecule has 1 aromatic heterocycles. The van der Waals surface area contributed by atoms with E-state index in [0.29, 0.717) is 6.54 Å². The van der Waals surface area contributed by atoms with E-state index in [1.807, 2.05) is 38.5 Å². The van der Waals surface area contributed by atoms with Gasteiger partial charge in [0.05, 0.1) is 6.54 Å². The molecule has 2 heterocycles. The molecular weight excluding hydrogens is 337 g/mol. The minimum absolute atomic E-state index is 0. The molecule has 1 aromatic rings. The summed E-state index contributed by atoms with van der Waals surface area (Å²) in [5.41, 5.74) is 0. The number of hydrogen-bond donors (Lipinski definition) is 1. The third-order valence-corrected chi connectivity index (χ3v) is 3.83. The maximum Gasteiger partial charge on any atom is 0.236 e. The minimum atomic E-state index is 0. The predicted molar refractivity (Wildman–Crippen MR) is 98.9 cm³/mol. The first-order chi connectivity index (χ1) is 10.2. The zero-order valence-corrected chi connectivity index (χ0v) is 15.4. The van der Waals surface area contributed by atoms with Gasteiger partial charge in [-0.1, -0.05) is 6.07 Å². The highest BCUT2D eigenvalue weighted by Gasteiger charge is 2.20. The van der Waals surface area contributed by atoms with Crippen LogP contribution in [-0.2, 0) is 4.79 Å². The maximum atomic E-state index is 12.1. The molecule has 6 nitrogen and oxygen atoms in total. The average Bonchev–Trinajstić information content (AvgIpc) is 2.54. The summed E-state index contributed by atoms with van der Waals surface area (Å²) in [4.78, 5) is 22.8. The van der Waals surface area contributed by atoms with Crippen molar-refractivity contribution < 1.29 is 4.79 Å². The van der Waals surface area contributed by atoms with Gasteiger partial charge < -0.3 is 15.1 Å². The lowest BCUT2D eigenvalue weighted by molar-refractivity contribution is -0.131. The molecule has 2 rings (SSSR count). The number of amides is 1. The van der Waals surface area contributed by atoms with E-state index in [1.54, 1.807) is 4.90 Å². The van der Waals surface area contributed by atoms with Crippen LogP contribution in [0.4, 0.5) is 5.82 Å². The zero-order valence-electron chi connectivity index (χ0n) is 13.8. The number of aromatic nitrogens is 1. The van der Waals surface area contributed by atoms with Crippen molar-refractivity contribution in [2.75, 3.05) is 64.8 Å². The van der Waals surface area contributed by atoms with Crippen LogP contribution in [0.3, 0.4) is 0 Å². The second-order valence-corrected chi connectivity index (χ2v) is 5.37. The molecular formula is C15H27Cl2N5O. The van der Waals surface area contributed by atoms with Gasteiger partial charge in [0, 0.05) is 52.5 Å². The highest BCUT2D eigenvalue weighted by Crippen LogP contribution is 2.12. The number of nitrogens with zero attached hydrogens (tertiary/aromatic N) is 4. The predicted octanol–water partition coefficient (Wildman–Crippen LogP) is 0.725. The van der Waals surface area contributed by atoms with E-state index in [0.717, 1.165) is 45.1 Å². The monoisotopic (exact) mass is 363 g/mol. The lowest BCUT2D eigenvalue weighted by Crippen LogP contribution is -2.50. The van der Waals surface area contributed by atoms with Gasteiger partial charge in [0.25, 0.3) is 0 Å². The van der Waals surface area contributed by atoms with Crippen LogP contribution in [0.5, 0.6) is 0 Å². The average molecular weight is 364 g/mol. The summed E-state index contributed by atoms with van der Waals surface area (Å²) in [6.07, 6.45) is 1.82. The Morgan fingerprint density at radius 3 is 2.52 bits per heavy atom. The fourth-order valence-corrected chi connectivity index (χ4v) is 2.39. The smallest absolute Gasteiger partial charge is 0.236 e. The van der Waals surface area contributed by atoms with Crippen LogP contribution in [0.25, 0.3) is 0 Å². The molecule has 8 heteroatoms. The lowest BCUT2D eigenvalue weighted by atomic mass is 10.3. The molecule has 0 spiro atoms. The quantitative estimate of drug-likeness (QED) is 0.807. The van der Waals surface area contributed by atoms with Gasteiger partial charge in [-0.3, -0.25) is 9.69 Å². The van der Waals surface area contributed by atoms with Gasteiger partial charge >= 0.3 is 0 Å². The van der Waals surface area contributed by atoms with Crippen molar-refractivity contribution in [1.82, 2.24) is 20.1 Å². The van der Waals surface area contributed by atoms with Gasteiger partial charge in [0.1, 0.15) is 5.82 Å². The van der Waals surface area contributed by atoms with E-state index < -0.39 is 0 Å². The van der Waals surface area contributed by atoms with Crippen molar-refractivity contribution in [1.29, 1.82) is 0 Å². The van der Waals surface area contributed by atoms with Crippen molar-refractivity contribution in [2.24, 2.45) is 0 Å². The lowest BCUT2D eigenvalue weighted by Gasteiger charge is -2.35. The topological polar surface area (TPSA) is 51.7 Å². The Bertz CT molecular complexity index is 441. The van der Waals surface area contributed by atoms with Crippen LogP contribution >= 0.6 is 24.8 Å². The third kappa shape index (κ3) is 6.91. The number of piperazine rings is 1. The first kappa shape index (κ1) is 21.9. The number of halogens is 2. The van der Waals surface area contributed by atoms with E-state index in [2.05, 4.69) is 20.1 Å². The summed E-state index contributed by atoms with van der Waals surface area (Å²) in [5.74, 6) is 1.21. The highest BCUT2D eigenvalue weighted by atomic mass is 35.5. The first-order valence-corrected chi connectivity index (χ1v) is 7.47. The Labute approximate surface area is 151 Å². The third-order valence-electron chi connectivity index (χ3n) is 3.83. The van der Waals surface area contributed by atoms with Gasteiger partial charge in [0.15, 0.2) is 0 Å². The maximum absolute atomic E-state index is 12.1. The van der Waals surface area contributed by atoms with Crippen molar-refractivity contribution in [3.8, 4) is 0 Å². The number of nitrogens with one attached hydrogen (secondary N) is 1. The SMILES string of the molecule is CNCCN(C)C(=O)CN1CCN(c2ccccn2)CC1.Cl.Cl. The Kier molecular flexibility index (Phi) is 10.9. The molecule has 0 unspecified atom stereocenters. The van der Waals surface area contributed by atoms with Gasteiger partial charge in [-0.15, -0.1) is 24.8 Å². The number of carbonyl (C=O) groups excluding carboxylic acids is 1. The number of rotatable bonds is 6. The first-order valence-electron chi connectivity index (χ1n) is 7.47. The number of likely N-dealkylation sites (N-methyl/N-ethyl adjacent to an activating group) is 2. The second kappa shape index (κ2) is 11.5. The zero-order chi connectivity index (χ0) is 15.1. The number of pyridine rings is 1. The highest BCUT2D eigenvalue weighted by molar-refractivity contribution is 5.85. The standard InChI is InChI=1S/C15H25N5O.2ClH/c1-16-7-8-18(2)15(21)13-19-9-11-20(12-10-19)14-5-3-4-6-17-14;;/h3-6,16H,7-13H2,1-2H3;2*1H. The van der Waals surface area contributed by atoms with Crippen molar-refractivity contribution in [3.05, 3.63) is 24.4 Å². The van der Waals surface area contributed by atoms with Crippen LogP contribution in [-0.4, -0.2) is 80.6 Å². The van der Waals surface area contributed by atoms with Gasteiger partial charge in [-0.2, -0.15) is 0 Å². The van der Waals surface area contributed by atoms with Crippen molar-refractivity contribution in [3.63, 3.8) is 0 Å². The second-order valence-electron chi connectivity index (χ2n) is 5.37. The van der Waals surface area contributed by atoms with Crippen molar-refractivity contribution in [2.45, 2.75) is 0 Å². The number of carbonyl (C=O) groups is 1. The van der Waals surface area contributed by atoms with Crippen molar-refractivity contribution >= 4 is 36.5 Å². The molecule has 1 fully saturated rings. The Hall–Kier alpha value is -1.08. The van der Waals surface area contributed by atoms with Crippen LogP contribution in [0.15, 0.2) is 24.4 Å². The molecule has 1 aliphatic heterocycles. The molecule has 0 radical (unpaired) electrons. The summed E-state index contributed by atoms with van der Waals surface area (Å²) >= 11 is 0.